The monoisotopic (exact) mass is 469 g/mol. The van der Waals surface area contributed by atoms with Crippen molar-refractivity contribution >= 4 is 27.5 Å². The fourth-order valence-corrected chi connectivity index (χ4v) is 5.91. The lowest BCUT2D eigenvalue weighted by Gasteiger charge is -2.21. The van der Waals surface area contributed by atoms with E-state index in [9.17, 15) is 18.0 Å². The second-order valence-corrected chi connectivity index (χ2v) is 10.5. The number of sulfonamides is 1. The highest BCUT2D eigenvalue weighted by atomic mass is 32.2. The highest BCUT2D eigenvalue weighted by Crippen LogP contribution is 2.30. The highest BCUT2D eigenvalue weighted by molar-refractivity contribution is 7.89. The molecule has 0 aromatic heterocycles. The van der Waals surface area contributed by atoms with Crippen LogP contribution in [-0.4, -0.2) is 38.9 Å². The first-order valence-corrected chi connectivity index (χ1v) is 13.2. The fraction of sp³-hybridized carbons (Fsp3) is 0.440. The van der Waals surface area contributed by atoms with Crippen LogP contribution >= 0.6 is 0 Å². The molecule has 1 heterocycles. The van der Waals surface area contributed by atoms with Gasteiger partial charge in [0.25, 0.3) is 0 Å². The van der Waals surface area contributed by atoms with Gasteiger partial charge in [-0.05, 0) is 55.0 Å². The van der Waals surface area contributed by atoms with E-state index in [1.54, 1.807) is 17.0 Å². The second-order valence-electron chi connectivity index (χ2n) is 8.79. The molecular weight excluding hydrogens is 438 g/mol. The second kappa shape index (κ2) is 10.1. The van der Waals surface area contributed by atoms with E-state index in [0.29, 0.717) is 19.4 Å². The first-order chi connectivity index (χ1) is 15.9. The Labute approximate surface area is 195 Å². The molecule has 4 rings (SSSR count). The standard InChI is InChI=1S/C25H31N3O4S/c1-2-24(29)28-15-14-19-17-21(12-13-23(19)28)33(31,32)27-22(16-18-8-4-3-5-9-18)25(30)26-20-10-6-7-11-20/h3-5,8-9,12-13,17,20,22,27H,2,6-7,10-11,14-16H2,1H3,(H,26,30)/t22-/m1/s1. The summed E-state index contributed by atoms with van der Waals surface area (Å²) in [5, 5.41) is 3.03. The predicted octanol–water partition coefficient (Wildman–Crippen LogP) is 2.93. The molecule has 176 valence electrons. The van der Waals surface area contributed by atoms with Crippen LogP contribution in [0.1, 0.15) is 50.2 Å². The lowest BCUT2D eigenvalue weighted by atomic mass is 10.1. The lowest BCUT2D eigenvalue weighted by Crippen LogP contribution is -2.50. The van der Waals surface area contributed by atoms with Crippen LogP contribution in [0.3, 0.4) is 0 Å². The van der Waals surface area contributed by atoms with Crippen molar-refractivity contribution in [1.29, 1.82) is 0 Å². The third-order valence-electron chi connectivity index (χ3n) is 6.46. The van der Waals surface area contributed by atoms with E-state index >= 15 is 0 Å². The summed E-state index contributed by atoms with van der Waals surface area (Å²) in [5.74, 6) is -0.274. The van der Waals surface area contributed by atoms with Crippen molar-refractivity contribution in [2.24, 2.45) is 0 Å². The van der Waals surface area contributed by atoms with Gasteiger partial charge >= 0.3 is 0 Å². The number of nitrogens with zero attached hydrogens (tertiary/aromatic N) is 1. The molecule has 0 spiro atoms. The summed E-state index contributed by atoms with van der Waals surface area (Å²) in [7, 11) is -3.94. The summed E-state index contributed by atoms with van der Waals surface area (Å²) in [6, 6.07) is 13.4. The van der Waals surface area contributed by atoms with Crippen molar-refractivity contribution in [2.75, 3.05) is 11.4 Å². The van der Waals surface area contributed by atoms with Gasteiger partial charge in [-0.1, -0.05) is 50.1 Å². The molecule has 33 heavy (non-hydrogen) atoms. The number of amides is 2. The fourth-order valence-electron chi connectivity index (χ4n) is 4.66. The molecule has 8 heteroatoms. The maximum absolute atomic E-state index is 13.3. The zero-order chi connectivity index (χ0) is 23.4. The molecule has 1 aliphatic heterocycles. The van der Waals surface area contributed by atoms with Gasteiger partial charge in [-0.15, -0.1) is 0 Å². The number of hydrogen-bond acceptors (Lipinski definition) is 4. The molecular formula is C25H31N3O4S. The Balaban J connectivity index is 1.55. The smallest absolute Gasteiger partial charge is 0.241 e. The van der Waals surface area contributed by atoms with E-state index in [0.717, 1.165) is 42.5 Å². The lowest BCUT2D eigenvalue weighted by molar-refractivity contribution is -0.123. The van der Waals surface area contributed by atoms with Gasteiger partial charge in [-0.3, -0.25) is 9.59 Å². The van der Waals surface area contributed by atoms with E-state index in [1.807, 2.05) is 37.3 Å². The van der Waals surface area contributed by atoms with Crippen molar-refractivity contribution in [3.63, 3.8) is 0 Å². The quantitative estimate of drug-likeness (QED) is 0.621. The Morgan fingerprint density at radius 2 is 1.82 bits per heavy atom. The number of benzene rings is 2. The molecule has 0 saturated heterocycles. The molecule has 1 saturated carbocycles. The van der Waals surface area contributed by atoms with Crippen LogP contribution in [0.25, 0.3) is 0 Å². The zero-order valence-electron chi connectivity index (χ0n) is 18.9. The van der Waals surface area contributed by atoms with E-state index in [4.69, 9.17) is 0 Å². The minimum absolute atomic E-state index is 0.0222. The van der Waals surface area contributed by atoms with Gasteiger partial charge in [-0.2, -0.15) is 4.72 Å². The van der Waals surface area contributed by atoms with E-state index < -0.39 is 16.1 Å². The number of nitrogens with one attached hydrogen (secondary N) is 2. The van der Waals surface area contributed by atoms with Crippen molar-refractivity contribution in [1.82, 2.24) is 10.0 Å². The molecule has 2 N–H and O–H groups in total. The minimum atomic E-state index is -3.94. The van der Waals surface area contributed by atoms with E-state index in [1.165, 1.54) is 6.07 Å². The van der Waals surface area contributed by atoms with Gasteiger partial charge in [0.2, 0.25) is 21.8 Å². The van der Waals surface area contributed by atoms with Crippen LogP contribution in [0, 0.1) is 0 Å². The van der Waals surface area contributed by atoms with Gasteiger partial charge in [-0.25, -0.2) is 8.42 Å². The van der Waals surface area contributed by atoms with Crippen LogP contribution in [0.15, 0.2) is 53.4 Å². The first kappa shape index (κ1) is 23.4. The normalized spacial score (nSPS) is 17.1. The number of hydrogen-bond donors (Lipinski definition) is 2. The maximum atomic E-state index is 13.3. The van der Waals surface area contributed by atoms with Crippen molar-refractivity contribution in [2.45, 2.75) is 68.8 Å². The topological polar surface area (TPSA) is 95.6 Å². The van der Waals surface area contributed by atoms with Crippen LogP contribution in [0.2, 0.25) is 0 Å². The number of fused-ring (bicyclic) bond motifs is 1. The van der Waals surface area contributed by atoms with Gasteiger partial charge in [0.1, 0.15) is 6.04 Å². The summed E-state index contributed by atoms with van der Waals surface area (Å²) >= 11 is 0. The third-order valence-corrected chi connectivity index (χ3v) is 7.93. The Bertz CT molecular complexity index is 1110. The SMILES string of the molecule is CCC(=O)N1CCc2cc(S(=O)(=O)N[C@H](Cc3ccccc3)C(=O)NC3CCCC3)ccc21. The molecule has 2 aliphatic rings. The van der Waals surface area contributed by atoms with Gasteiger partial charge < -0.3 is 10.2 Å². The summed E-state index contributed by atoms with van der Waals surface area (Å²) in [5.41, 5.74) is 2.48. The first-order valence-electron chi connectivity index (χ1n) is 11.7. The average molecular weight is 470 g/mol. The van der Waals surface area contributed by atoms with Crippen LogP contribution in [0.5, 0.6) is 0 Å². The summed E-state index contributed by atoms with van der Waals surface area (Å²) in [6.45, 7) is 2.37. The Kier molecular flexibility index (Phi) is 7.14. The summed E-state index contributed by atoms with van der Waals surface area (Å²) in [4.78, 5) is 27.0. The van der Waals surface area contributed by atoms with Gasteiger partial charge in [0, 0.05) is 24.7 Å². The van der Waals surface area contributed by atoms with Crippen LogP contribution < -0.4 is 14.9 Å². The van der Waals surface area contributed by atoms with Crippen LogP contribution in [-0.2, 0) is 32.5 Å². The predicted molar refractivity (Wildman–Crippen MR) is 127 cm³/mol. The molecule has 1 atom stereocenters. The molecule has 0 radical (unpaired) electrons. The highest BCUT2D eigenvalue weighted by Gasteiger charge is 2.30. The van der Waals surface area contributed by atoms with Crippen molar-refractivity contribution in [3.05, 3.63) is 59.7 Å². The molecule has 1 fully saturated rings. The molecule has 0 unspecified atom stereocenters. The number of rotatable bonds is 8. The molecule has 0 bridgehead atoms. The molecule has 2 aromatic rings. The molecule has 2 amide bonds. The molecule has 7 nitrogen and oxygen atoms in total. The molecule has 1 aliphatic carbocycles. The van der Waals surface area contributed by atoms with E-state index in [-0.39, 0.29) is 29.2 Å². The largest absolute Gasteiger partial charge is 0.352 e. The maximum Gasteiger partial charge on any atom is 0.241 e. The third kappa shape index (κ3) is 5.45. The number of carbonyl (C=O) groups excluding carboxylic acids is 2. The Morgan fingerprint density at radius 1 is 1.09 bits per heavy atom. The summed E-state index contributed by atoms with van der Waals surface area (Å²) in [6.07, 6.45) is 5.28. The summed E-state index contributed by atoms with van der Waals surface area (Å²) < 4.78 is 29.2. The van der Waals surface area contributed by atoms with Crippen molar-refractivity contribution < 1.29 is 18.0 Å². The number of anilines is 1. The van der Waals surface area contributed by atoms with Gasteiger partial charge in [0.05, 0.1) is 4.90 Å². The minimum Gasteiger partial charge on any atom is -0.352 e. The van der Waals surface area contributed by atoms with Crippen molar-refractivity contribution in [3.8, 4) is 0 Å². The Morgan fingerprint density at radius 3 is 2.52 bits per heavy atom. The average Bonchev–Trinajstić information content (AvgIpc) is 3.48. The Hall–Kier alpha value is -2.71. The number of carbonyl (C=O) groups is 2. The molecule has 2 aromatic carbocycles. The zero-order valence-corrected chi connectivity index (χ0v) is 19.7. The van der Waals surface area contributed by atoms with Gasteiger partial charge in [0.15, 0.2) is 0 Å². The van der Waals surface area contributed by atoms with Crippen LogP contribution in [0.4, 0.5) is 5.69 Å². The van der Waals surface area contributed by atoms with E-state index in [2.05, 4.69) is 10.0 Å².